The highest BCUT2D eigenvalue weighted by molar-refractivity contribution is 9.10. The van der Waals surface area contributed by atoms with Crippen molar-refractivity contribution < 1.29 is 9.59 Å². The highest BCUT2D eigenvalue weighted by Crippen LogP contribution is 2.37. The average molecular weight is 437 g/mol. The summed E-state index contributed by atoms with van der Waals surface area (Å²) in [6.07, 6.45) is 0.577. The molecule has 7 heteroatoms. The quantitative estimate of drug-likeness (QED) is 0.708. The highest BCUT2D eigenvalue weighted by Gasteiger charge is 2.27. The van der Waals surface area contributed by atoms with E-state index < -0.39 is 0 Å². The minimum absolute atomic E-state index is 0.0586. The van der Waals surface area contributed by atoms with Crippen molar-refractivity contribution in [3.63, 3.8) is 0 Å². The number of hydrogen-bond acceptors (Lipinski definition) is 5. The van der Waals surface area contributed by atoms with Gasteiger partial charge >= 0.3 is 0 Å². The molecule has 130 valence electrons. The molecule has 1 aromatic carbocycles. The molecule has 1 fully saturated rings. The lowest BCUT2D eigenvalue weighted by Crippen LogP contribution is -2.48. The molecule has 2 aliphatic rings. The maximum atomic E-state index is 12.8. The van der Waals surface area contributed by atoms with E-state index in [4.69, 9.17) is 0 Å². The summed E-state index contributed by atoms with van der Waals surface area (Å²) >= 11 is 6.62. The van der Waals surface area contributed by atoms with Crippen molar-refractivity contribution in [2.75, 3.05) is 36.8 Å². The summed E-state index contributed by atoms with van der Waals surface area (Å²) in [5.41, 5.74) is 1.93. The summed E-state index contributed by atoms with van der Waals surface area (Å²) < 4.78 is 2.08. The molecule has 0 aliphatic carbocycles. The molecular weight excluding hydrogens is 420 g/mol. The summed E-state index contributed by atoms with van der Waals surface area (Å²) in [6, 6.07) is 10.1. The summed E-state index contributed by atoms with van der Waals surface area (Å²) in [5, 5.41) is 0. The zero-order valence-corrected chi connectivity index (χ0v) is 16.8. The number of ketones is 1. The SMILES string of the molecule is O=C1CCSc2sc(C(=O)N3CCN(c4ccc(Br)cc4)CC3)cc21. The topological polar surface area (TPSA) is 40.6 Å². The van der Waals surface area contributed by atoms with Crippen LogP contribution in [0.3, 0.4) is 0 Å². The van der Waals surface area contributed by atoms with Crippen LogP contribution in [-0.2, 0) is 0 Å². The van der Waals surface area contributed by atoms with Gasteiger partial charge in [0.15, 0.2) is 5.78 Å². The number of Topliss-reactive ketones (excluding diaryl/α,β-unsaturated/α-hetero) is 1. The minimum atomic E-state index is 0.0586. The number of amides is 1. The van der Waals surface area contributed by atoms with E-state index in [9.17, 15) is 9.59 Å². The normalized spacial score (nSPS) is 17.6. The maximum Gasteiger partial charge on any atom is 0.264 e. The molecule has 1 amide bonds. The summed E-state index contributed by atoms with van der Waals surface area (Å²) in [6.45, 7) is 3.06. The van der Waals surface area contributed by atoms with Gasteiger partial charge in [0.25, 0.3) is 5.91 Å². The predicted octanol–water partition coefficient (Wildman–Crippen LogP) is 4.15. The van der Waals surface area contributed by atoms with Crippen LogP contribution in [0.25, 0.3) is 0 Å². The summed E-state index contributed by atoms with van der Waals surface area (Å²) in [7, 11) is 0. The van der Waals surface area contributed by atoms with E-state index in [1.165, 1.54) is 17.0 Å². The van der Waals surface area contributed by atoms with E-state index in [0.717, 1.165) is 33.1 Å². The molecule has 0 spiro atoms. The number of anilines is 1. The van der Waals surface area contributed by atoms with Crippen LogP contribution in [0.4, 0.5) is 5.69 Å². The monoisotopic (exact) mass is 436 g/mol. The number of nitrogens with zero attached hydrogens (tertiary/aromatic N) is 2. The first-order chi connectivity index (χ1) is 12.1. The molecule has 2 aliphatic heterocycles. The number of piperazine rings is 1. The molecule has 3 heterocycles. The predicted molar refractivity (Wildman–Crippen MR) is 106 cm³/mol. The molecule has 0 radical (unpaired) electrons. The maximum absolute atomic E-state index is 12.8. The number of thiophene rings is 1. The third kappa shape index (κ3) is 3.50. The largest absolute Gasteiger partial charge is 0.368 e. The molecule has 25 heavy (non-hydrogen) atoms. The first-order valence-electron chi connectivity index (χ1n) is 8.21. The Labute approximate surface area is 163 Å². The zero-order chi connectivity index (χ0) is 17.4. The Kier molecular flexibility index (Phi) is 4.88. The third-order valence-corrected chi connectivity index (χ3v) is 7.47. The van der Waals surface area contributed by atoms with E-state index in [1.54, 1.807) is 17.8 Å². The van der Waals surface area contributed by atoms with Gasteiger partial charge in [-0.15, -0.1) is 23.1 Å². The lowest BCUT2D eigenvalue weighted by Gasteiger charge is -2.36. The second kappa shape index (κ2) is 7.13. The van der Waals surface area contributed by atoms with Crippen LogP contribution in [0.1, 0.15) is 26.5 Å². The van der Waals surface area contributed by atoms with Crippen molar-refractivity contribution >= 4 is 56.4 Å². The molecule has 2 aromatic rings. The fourth-order valence-corrected chi connectivity index (χ4v) is 5.82. The molecule has 0 atom stereocenters. The summed E-state index contributed by atoms with van der Waals surface area (Å²) in [4.78, 5) is 29.7. The van der Waals surface area contributed by atoms with Crippen LogP contribution in [-0.4, -0.2) is 48.5 Å². The minimum Gasteiger partial charge on any atom is -0.368 e. The van der Waals surface area contributed by atoms with Crippen molar-refractivity contribution in [2.24, 2.45) is 0 Å². The third-order valence-electron chi connectivity index (χ3n) is 4.53. The van der Waals surface area contributed by atoms with E-state index >= 15 is 0 Å². The van der Waals surface area contributed by atoms with Crippen LogP contribution in [0.15, 0.2) is 39.0 Å². The van der Waals surface area contributed by atoms with Gasteiger partial charge in [0, 0.05) is 54.1 Å². The van der Waals surface area contributed by atoms with Gasteiger partial charge in [0.1, 0.15) is 0 Å². The lowest BCUT2D eigenvalue weighted by atomic mass is 10.1. The van der Waals surface area contributed by atoms with Crippen LogP contribution in [0.2, 0.25) is 0 Å². The molecule has 0 N–H and O–H groups in total. The number of carbonyl (C=O) groups excluding carboxylic acids is 2. The second-order valence-corrected chi connectivity index (χ2v) is 9.42. The van der Waals surface area contributed by atoms with E-state index in [-0.39, 0.29) is 11.7 Å². The van der Waals surface area contributed by atoms with Gasteiger partial charge < -0.3 is 9.80 Å². The van der Waals surface area contributed by atoms with Crippen molar-refractivity contribution in [1.82, 2.24) is 4.90 Å². The number of benzene rings is 1. The first-order valence-corrected chi connectivity index (χ1v) is 10.8. The van der Waals surface area contributed by atoms with Gasteiger partial charge in [-0.2, -0.15) is 0 Å². The average Bonchev–Trinajstić information content (AvgIpc) is 3.08. The Morgan fingerprint density at radius 2 is 1.80 bits per heavy atom. The Bertz CT molecular complexity index is 811. The standard InChI is InChI=1S/C18H17BrN2O2S2/c19-12-1-3-13(4-2-12)20-6-8-21(9-7-20)17(23)16-11-14-15(22)5-10-24-18(14)25-16/h1-4,11H,5-10H2. The Morgan fingerprint density at radius 3 is 2.48 bits per heavy atom. The van der Waals surface area contributed by atoms with Crippen LogP contribution in [0.5, 0.6) is 0 Å². The van der Waals surface area contributed by atoms with Crippen molar-refractivity contribution in [3.8, 4) is 0 Å². The van der Waals surface area contributed by atoms with E-state index in [1.807, 2.05) is 17.0 Å². The van der Waals surface area contributed by atoms with Crippen LogP contribution in [0, 0.1) is 0 Å². The van der Waals surface area contributed by atoms with Crippen LogP contribution >= 0.6 is 39.0 Å². The van der Waals surface area contributed by atoms with Crippen molar-refractivity contribution in [3.05, 3.63) is 45.2 Å². The summed E-state index contributed by atoms with van der Waals surface area (Å²) in [5.74, 6) is 1.05. The fourth-order valence-electron chi connectivity index (χ4n) is 3.13. The number of fused-ring (bicyclic) bond motifs is 1. The molecular formula is C18H17BrN2O2S2. The second-order valence-electron chi connectivity index (χ2n) is 6.09. The van der Waals surface area contributed by atoms with Gasteiger partial charge in [-0.3, -0.25) is 9.59 Å². The van der Waals surface area contributed by atoms with Crippen molar-refractivity contribution in [2.45, 2.75) is 10.6 Å². The first kappa shape index (κ1) is 17.1. The fraction of sp³-hybridized carbons (Fsp3) is 0.333. The molecule has 1 aromatic heterocycles. The van der Waals surface area contributed by atoms with Gasteiger partial charge in [0.05, 0.1) is 9.09 Å². The van der Waals surface area contributed by atoms with Crippen molar-refractivity contribution in [1.29, 1.82) is 0 Å². The molecule has 0 bridgehead atoms. The molecule has 0 unspecified atom stereocenters. The number of thioether (sulfide) groups is 1. The van der Waals surface area contributed by atoms with Gasteiger partial charge in [-0.1, -0.05) is 15.9 Å². The van der Waals surface area contributed by atoms with E-state index in [2.05, 4.69) is 33.0 Å². The number of rotatable bonds is 2. The van der Waals surface area contributed by atoms with E-state index in [0.29, 0.717) is 24.4 Å². The molecule has 4 rings (SSSR count). The van der Waals surface area contributed by atoms with Gasteiger partial charge in [0.2, 0.25) is 0 Å². The molecule has 1 saturated heterocycles. The Hall–Kier alpha value is -1.31. The number of hydrogen-bond donors (Lipinski definition) is 0. The lowest BCUT2D eigenvalue weighted by molar-refractivity contribution is 0.0751. The number of carbonyl (C=O) groups is 2. The Morgan fingerprint density at radius 1 is 1.08 bits per heavy atom. The zero-order valence-electron chi connectivity index (χ0n) is 13.5. The smallest absolute Gasteiger partial charge is 0.264 e. The highest BCUT2D eigenvalue weighted by atomic mass is 79.9. The van der Waals surface area contributed by atoms with Crippen LogP contribution < -0.4 is 4.90 Å². The Balaban J connectivity index is 1.43. The molecule has 0 saturated carbocycles. The van der Waals surface area contributed by atoms with Gasteiger partial charge in [-0.05, 0) is 30.3 Å². The number of halogens is 1. The van der Waals surface area contributed by atoms with Gasteiger partial charge in [-0.25, -0.2) is 0 Å². The molecule has 4 nitrogen and oxygen atoms in total.